The van der Waals surface area contributed by atoms with Crippen LogP contribution in [0.1, 0.15) is 44.1 Å². The highest BCUT2D eigenvalue weighted by Gasteiger charge is 2.21. The molecular formula is C19H28BrN3O2. The number of aliphatic imine (C=N–C) groups is 1. The number of nitrogens with two attached hydrogens (primary N) is 1. The molecule has 5 nitrogen and oxygen atoms in total. The minimum absolute atomic E-state index is 0.223. The number of benzene rings is 1. The van der Waals surface area contributed by atoms with Crippen LogP contribution in [0.3, 0.4) is 0 Å². The van der Waals surface area contributed by atoms with Gasteiger partial charge in [0.1, 0.15) is 5.75 Å². The Hall–Kier alpha value is -1.56. The van der Waals surface area contributed by atoms with Gasteiger partial charge >= 0.3 is 0 Å². The zero-order chi connectivity index (χ0) is 18.4. The molecule has 0 bridgehead atoms. The number of rotatable bonds is 6. The third-order valence-electron chi connectivity index (χ3n) is 4.86. The summed E-state index contributed by atoms with van der Waals surface area (Å²) in [6, 6.07) is 4.10. The summed E-state index contributed by atoms with van der Waals surface area (Å²) in [7, 11) is 5.26. The fraction of sp³-hybridized carbons (Fsp3) is 0.579. The van der Waals surface area contributed by atoms with Gasteiger partial charge in [-0.25, -0.2) is 0 Å². The lowest BCUT2D eigenvalue weighted by atomic mass is 9.83. The number of amides is 1. The van der Waals surface area contributed by atoms with Gasteiger partial charge in [0.25, 0.3) is 0 Å². The van der Waals surface area contributed by atoms with Crippen LogP contribution in [0.25, 0.3) is 0 Å². The number of nitrogens with zero attached hydrogens (tertiary/aromatic N) is 2. The van der Waals surface area contributed by atoms with Gasteiger partial charge in [0.05, 0.1) is 11.6 Å². The smallest absolute Gasteiger partial charge is 0.222 e. The number of ether oxygens (including phenoxy) is 1. The summed E-state index contributed by atoms with van der Waals surface area (Å²) in [4.78, 5) is 18.1. The van der Waals surface area contributed by atoms with Gasteiger partial charge in [0.15, 0.2) is 0 Å². The molecule has 1 fully saturated rings. The van der Waals surface area contributed by atoms with Crippen molar-refractivity contribution in [3.8, 4) is 5.75 Å². The summed E-state index contributed by atoms with van der Waals surface area (Å²) in [6.07, 6.45) is 7.96. The first-order valence-corrected chi connectivity index (χ1v) is 9.56. The van der Waals surface area contributed by atoms with Crippen LogP contribution in [0.5, 0.6) is 5.75 Å². The Bertz CT molecular complexity index is 623. The molecule has 0 aromatic heterocycles. The van der Waals surface area contributed by atoms with Crippen molar-refractivity contribution >= 4 is 33.7 Å². The van der Waals surface area contributed by atoms with E-state index in [1.807, 2.05) is 32.4 Å². The van der Waals surface area contributed by atoms with Gasteiger partial charge in [-0.15, -0.1) is 0 Å². The van der Waals surface area contributed by atoms with Gasteiger partial charge in [0.2, 0.25) is 5.91 Å². The molecule has 1 aliphatic rings. The van der Waals surface area contributed by atoms with Crippen molar-refractivity contribution in [1.82, 2.24) is 4.90 Å². The van der Waals surface area contributed by atoms with Crippen molar-refractivity contribution in [2.75, 3.05) is 26.9 Å². The van der Waals surface area contributed by atoms with Crippen molar-refractivity contribution in [1.29, 1.82) is 0 Å². The Morgan fingerprint density at radius 3 is 2.64 bits per heavy atom. The van der Waals surface area contributed by atoms with E-state index < -0.39 is 0 Å². The number of carbonyl (C=O) groups excluding carboxylic acids is 1. The maximum atomic E-state index is 11.7. The normalized spacial score (nSPS) is 20.6. The summed E-state index contributed by atoms with van der Waals surface area (Å²) in [5, 5.41) is 0. The van der Waals surface area contributed by atoms with Gasteiger partial charge in [-0.3, -0.25) is 9.79 Å². The van der Waals surface area contributed by atoms with Gasteiger partial charge in [-0.1, -0.05) is 0 Å². The number of methoxy groups -OCH3 is 1. The molecule has 138 valence electrons. The highest BCUT2D eigenvalue weighted by atomic mass is 79.9. The second kappa shape index (κ2) is 9.22. The standard InChI is InChI=1S/C19H28BrN3O2/c1-23(2)19(24)9-6-13-4-7-15(8-5-13)22-12-14-10-16(20)18(25-3)11-17(14)21/h10-13,15H,4-9,21H2,1-3H3. The lowest BCUT2D eigenvalue weighted by Crippen LogP contribution is -2.23. The lowest BCUT2D eigenvalue weighted by Gasteiger charge is -2.26. The maximum absolute atomic E-state index is 11.7. The zero-order valence-corrected chi connectivity index (χ0v) is 16.9. The average molecular weight is 410 g/mol. The van der Waals surface area contributed by atoms with E-state index in [0.717, 1.165) is 47.9 Å². The molecule has 1 aliphatic carbocycles. The minimum Gasteiger partial charge on any atom is -0.495 e. The fourth-order valence-corrected chi connectivity index (χ4v) is 3.70. The van der Waals surface area contributed by atoms with Crippen LogP contribution in [0.15, 0.2) is 21.6 Å². The molecule has 2 rings (SSSR count). The van der Waals surface area contributed by atoms with Crippen molar-refractivity contribution in [2.45, 2.75) is 44.6 Å². The largest absolute Gasteiger partial charge is 0.495 e. The predicted molar refractivity (Wildman–Crippen MR) is 106 cm³/mol. The lowest BCUT2D eigenvalue weighted by molar-refractivity contribution is -0.129. The Kier molecular flexibility index (Phi) is 7.29. The number of nitrogen functional groups attached to an aromatic ring is 1. The van der Waals surface area contributed by atoms with Crippen molar-refractivity contribution in [3.63, 3.8) is 0 Å². The van der Waals surface area contributed by atoms with Gasteiger partial charge in [-0.05, 0) is 60.0 Å². The van der Waals surface area contributed by atoms with E-state index in [0.29, 0.717) is 24.1 Å². The molecule has 0 atom stereocenters. The second-order valence-corrected chi connectivity index (χ2v) is 7.75. The highest BCUT2D eigenvalue weighted by Crippen LogP contribution is 2.31. The first-order chi connectivity index (χ1) is 11.9. The Morgan fingerprint density at radius 1 is 1.36 bits per heavy atom. The molecule has 1 saturated carbocycles. The Morgan fingerprint density at radius 2 is 2.04 bits per heavy atom. The fourth-order valence-electron chi connectivity index (χ4n) is 3.17. The number of hydrogen-bond acceptors (Lipinski definition) is 4. The van der Waals surface area contributed by atoms with Crippen LogP contribution >= 0.6 is 15.9 Å². The Balaban J connectivity index is 1.85. The van der Waals surface area contributed by atoms with Gasteiger partial charge in [0, 0.05) is 50.1 Å². The van der Waals surface area contributed by atoms with E-state index in [-0.39, 0.29) is 5.91 Å². The molecule has 0 aliphatic heterocycles. The van der Waals surface area contributed by atoms with Gasteiger partial charge in [-0.2, -0.15) is 0 Å². The van der Waals surface area contributed by atoms with E-state index >= 15 is 0 Å². The third kappa shape index (κ3) is 5.73. The van der Waals surface area contributed by atoms with Crippen LogP contribution in [-0.4, -0.2) is 44.3 Å². The number of carbonyl (C=O) groups is 1. The summed E-state index contributed by atoms with van der Waals surface area (Å²) in [5.41, 5.74) is 7.64. The van der Waals surface area contributed by atoms with E-state index in [1.165, 1.54) is 0 Å². The molecule has 0 spiro atoms. The molecule has 0 saturated heterocycles. The predicted octanol–water partition coefficient (Wildman–Crippen LogP) is 3.89. The monoisotopic (exact) mass is 409 g/mol. The summed E-state index contributed by atoms with van der Waals surface area (Å²) >= 11 is 3.48. The minimum atomic E-state index is 0.223. The van der Waals surface area contributed by atoms with Crippen LogP contribution < -0.4 is 10.5 Å². The van der Waals surface area contributed by atoms with Crippen LogP contribution in [0, 0.1) is 5.92 Å². The molecule has 1 aromatic carbocycles. The molecule has 0 radical (unpaired) electrons. The number of anilines is 1. The number of halogens is 1. The maximum Gasteiger partial charge on any atom is 0.222 e. The molecule has 25 heavy (non-hydrogen) atoms. The molecule has 1 amide bonds. The zero-order valence-electron chi connectivity index (χ0n) is 15.3. The highest BCUT2D eigenvalue weighted by molar-refractivity contribution is 9.10. The first kappa shape index (κ1) is 19.8. The van der Waals surface area contributed by atoms with E-state index in [1.54, 1.807) is 12.0 Å². The topological polar surface area (TPSA) is 67.9 Å². The van der Waals surface area contributed by atoms with E-state index in [9.17, 15) is 4.79 Å². The molecule has 0 unspecified atom stereocenters. The van der Waals surface area contributed by atoms with E-state index in [2.05, 4.69) is 15.9 Å². The Labute approximate surface area is 158 Å². The van der Waals surface area contributed by atoms with Crippen molar-refractivity contribution in [2.24, 2.45) is 10.9 Å². The number of hydrogen-bond donors (Lipinski definition) is 1. The summed E-state index contributed by atoms with van der Waals surface area (Å²) in [6.45, 7) is 0. The van der Waals surface area contributed by atoms with Crippen molar-refractivity contribution < 1.29 is 9.53 Å². The van der Waals surface area contributed by atoms with Crippen LogP contribution in [0.4, 0.5) is 5.69 Å². The molecular weight excluding hydrogens is 382 g/mol. The summed E-state index contributed by atoms with van der Waals surface area (Å²) < 4.78 is 6.12. The SMILES string of the molecule is COc1cc(N)c(C=NC2CCC(CCC(=O)N(C)C)CC2)cc1Br. The average Bonchev–Trinajstić information content (AvgIpc) is 2.60. The third-order valence-corrected chi connectivity index (χ3v) is 5.48. The molecule has 6 heteroatoms. The van der Waals surface area contributed by atoms with Crippen molar-refractivity contribution in [3.05, 3.63) is 22.2 Å². The first-order valence-electron chi connectivity index (χ1n) is 8.77. The summed E-state index contributed by atoms with van der Waals surface area (Å²) in [5.74, 6) is 1.60. The van der Waals surface area contributed by atoms with Crippen LogP contribution in [-0.2, 0) is 4.79 Å². The molecule has 2 N–H and O–H groups in total. The molecule has 1 aromatic rings. The van der Waals surface area contributed by atoms with Gasteiger partial charge < -0.3 is 15.4 Å². The van der Waals surface area contributed by atoms with E-state index in [4.69, 9.17) is 15.5 Å². The quantitative estimate of drug-likeness (QED) is 0.572. The van der Waals surface area contributed by atoms with Crippen LogP contribution in [0.2, 0.25) is 0 Å². The second-order valence-electron chi connectivity index (χ2n) is 6.90. The molecule has 0 heterocycles.